The normalized spacial score (nSPS) is 14.9. The van der Waals surface area contributed by atoms with Gasteiger partial charge in [0.2, 0.25) is 0 Å². The predicted octanol–water partition coefficient (Wildman–Crippen LogP) is 2.99. The van der Waals surface area contributed by atoms with Crippen molar-refractivity contribution in [3.63, 3.8) is 0 Å². The first kappa shape index (κ1) is 17.6. The molecule has 2 unspecified atom stereocenters. The van der Waals surface area contributed by atoms with E-state index in [0.717, 1.165) is 11.5 Å². The van der Waals surface area contributed by atoms with Crippen LogP contribution in [0.3, 0.4) is 0 Å². The molecule has 21 heavy (non-hydrogen) atoms. The van der Waals surface area contributed by atoms with Crippen molar-refractivity contribution in [2.24, 2.45) is 11.3 Å². The molecule has 0 saturated carbocycles. The van der Waals surface area contributed by atoms with Gasteiger partial charge in [0.05, 0.1) is 12.1 Å². The highest BCUT2D eigenvalue weighted by molar-refractivity contribution is 5.74. The molecule has 2 atom stereocenters. The van der Waals surface area contributed by atoms with E-state index in [1.165, 1.54) is 0 Å². The molecule has 5 heteroatoms. The summed E-state index contributed by atoms with van der Waals surface area (Å²) >= 11 is 0. The van der Waals surface area contributed by atoms with Crippen LogP contribution in [0.25, 0.3) is 0 Å². The van der Waals surface area contributed by atoms with Crippen molar-refractivity contribution < 1.29 is 14.3 Å². The second-order valence-electron chi connectivity index (χ2n) is 6.67. The lowest BCUT2D eigenvalue weighted by Crippen LogP contribution is -2.46. The lowest BCUT2D eigenvalue weighted by molar-refractivity contribution is 0.0151. The van der Waals surface area contributed by atoms with Gasteiger partial charge in [-0.25, -0.2) is 4.79 Å². The monoisotopic (exact) mass is 296 g/mol. The molecule has 0 aliphatic heterocycles. The average Bonchev–Trinajstić information content (AvgIpc) is 2.82. The zero-order valence-electron chi connectivity index (χ0n) is 13.9. The van der Waals surface area contributed by atoms with Gasteiger partial charge in [-0.15, -0.1) is 0 Å². The lowest BCUT2D eigenvalue weighted by atomic mass is 9.81. The molecule has 0 bridgehead atoms. The molecular formula is C16H28N2O3. The molecule has 1 heterocycles. The maximum atomic E-state index is 11.9. The zero-order valence-corrected chi connectivity index (χ0v) is 13.9. The van der Waals surface area contributed by atoms with Crippen LogP contribution in [0.1, 0.15) is 52.2 Å². The largest absolute Gasteiger partial charge is 0.464 e. The van der Waals surface area contributed by atoms with E-state index in [9.17, 15) is 9.90 Å². The Morgan fingerprint density at radius 2 is 1.95 bits per heavy atom. The molecule has 2 amide bonds. The standard InChI is InChI=1S/C16H28N2O3/c1-10(2)14(19)16(5,6)9-17-15(20)18-12(4)13-8-7-11(3)21-13/h7-8,10,12,14,19H,9H2,1-6H3,(H2,17,18,20). The maximum Gasteiger partial charge on any atom is 0.315 e. The van der Waals surface area contributed by atoms with Crippen LogP contribution in [0.15, 0.2) is 16.5 Å². The number of furan rings is 1. The molecule has 1 aromatic rings. The molecule has 0 fully saturated rings. The van der Waals surface area contributed by atoms with E-state index >= 15 is 0 Å². The van der Waals surface area contributed by atoms with Crippen LogP contribution in [0.5, 0.6) is 0 Å². The fourth-order valence-corrected chi connectivity index (χ4v) is 2.32. The number of carbonyl (C=O) groups excluding carboxylic acids is 1. The Hall–Kier alpha value is -1.49. The molecule has 120 valence electrons. The van der Waals surface area contributed by atoms with Gasteiger partial charge in [-0.2, -0.15) is 0 Å². The smallest absolute Gasteiger partial charge is 0.315 e. The highest BCUT2D eigenvalue weighted by atomic mass is 16.3. The predicted molar refractivity (Wildman–Crippen MR) is 83.0 cm³/mol. The number of carbonyl (C=O) groups is 1. The summed E-state index contributed by atoms with van der Waals surface area (Å²) in [6.45, 7) is 12.0. The summed E-state index contributed by atoms with van der Waals surface area (Å²) in [5.74, 6) is 1.69. The number of hydrogen-bond donors (Lipinski definition) is 3. The Balaban J connectivity index is 2.47. The molecule has 1 aromatic heterocycles. The van der Waals surface area contributed by atoms with Gasteiger partial charge < -0.3 is 20.2 Å². The zero-order chi connectivity index (χ0) is 16.2. The van der Waals surface area contributed by atoms with Crippen molar-refractivity contribution in [2.75, 3.05) is 6.54 Å². The fraction of sp³-hybridized carbons (Fsp3) is 0.688. The number of hydrogen-bond acceptors (Lipinski definition) is 3. The number of nitrogens with one attached hydrogen (secondary N) is 2. The van der Waals surface area contributed by atoms with E-state index in [2.05, 4.69) is 10.6 Å². The molecule has 1 rings (SSSR count). The van der Waals surface area contributed by atoms with Gasteiger partial charge in [0.15, 0.2) is 0 Å². The summed E-state index contributed by atoms with van der Waals surface area (Å²) in [5, 5.41) is 15.8. The topological polar surface area (TPSA) is 74.5 Å². The van der Waals surface area contributed by atoms with Gasteiger partial charge in [-0.1, -0.05) is 27.7 Å². The molecule has 3 N–H and O–H groups in total. The first-order valence-corrected chi connectivity index (χ1v) is 7.42. The summed E-state index contributed by atoms with van der Waals surface area (Å²) in [4.78, 5) is 11.9. The Kier molecular flexibility index (Phi) is 5.84. The summed E-state index contributed by atoms with van der Waals surface area (Å²) in [7, 11) is 0. The Bertz CT molecular complexity index is 466. The van der Waals surface area contributed by atoms with Crippen LogP contribution >= 0.6 is 0 Å². The van der Waals surface area contributed by atoms with E-state index < -0.39 is 6.10 Å². The summed E-state index contributed by atoms with van der Waals surface area (Å²) < 4.78 is 5.48. The van der Waals surface area contributed by atoms with Gasteiger partial charge in [-0.05, 0) is 31.9 Å². The van der Waals surface area contributed by atoms with Crippen LogP contribution in [0, 0.1) is 18.3 Å². The Morgan fingerprint density at radius 3 is 2.43 bits per heavy atom. The lowest BCUT2D eigenvalue weighted by Gasteiger charge is -2.33. The van der Waals surface area contributed by atoms with Crippen molar-refractivity contribution in [3.8, 4) is 0 Å². The van der Waals surface area contributed by atoms with Crippen LogP contribution in [0.4, 0.5) is 4.79 Å². The van der Waals surface area contributed by atoms with Gasteiger partial charge in [-0.3, -0.25) is 0 Å². The summed E-state index contributed by atoms with van der Waals surface area (Å²) in [5.41, 5.74) is -0.379. The van der Waals surface area contributed by atoms with Crippen LogP contribution < -0.4 is 10.6 Å². The SMILES string of the molecule is Cc1ccc(C(C)NC(=O)NCC(C)(C)C(O)C(C)C)o1. The van der Waals surface area contributed by atoms with E-state index in [1.54, 1.807) is 0 Å². The first-order chi connectivity index (χ1) is 9.63. The van der Waals surface area contributed by atoms with Crippen molar-refractivity contribution in [1.82, 2.24) is 10.6 Å². The van der Waals surface area contributed by atoms with E-state index in [1.807, 2.05) is 53.7 Å². The minimum absolute atomic E-state index is 0.148. The van der Waals surface area contributed by atoms with Gasteiger partial charge >= 0.3 is 6.03 Å². The fourth-order valence-electron chi connectivity index (χ4n) is 2.32. The maximum absolute atomic E-state index is 11.9. The van der Waals surface area contributed by atoms with E-state index in [-0.39, 0.29) is 23.4 Å². The molecule has 0 aliphatic carbocycles. The van der Waals surface area contributed by atoms with Crippen LogP contribution in [-0.2, 0) is 0 Å². The van der Waals surface area contributed by atoms with Crippen molar-refractivity contribution in [1.29, 1.82) is 0 Å². The third-order valence-electron chi connectivity index (χ3n) is 3.67. The molecule has 5 nitrogen and oxygen atoms in total. The van der Waals surface area contributed by atoms with E-state index in [0.29, 0.717) is 6.54 Å². The number of aryl methyl sites for hydroxylation is 1. The van der Waals surface area contributed by atoms with Crippen molar-refractivity contribution >= 4 is 6.03 Å². The third-order valence-corrected chi connectivity index (χ3v) is 3.67. The third kappa shape index (κ3) is 5.08. The second-order valence-corrected chi connectivity index (χ2v) is 6.67. The second kappa shape index (κ2) is 6.98. The number of aliphatic hydroxyl groups is 1. The summed E-state index contributed by atoms with van der Waals surface area (Å²) in [6, 6.07) is 3.26. The number of aliphatic hydroxyl groups excluding tert-OH is 1. The minimum atomic E-state index is -0.469. The van der Waals surface area contributed by atoms with Gasteiger partial charge in [0, 0.05) is 12.0 Å². The van der Waals surface area contributed by atoms with Crippen LogP contribution in [0.2, 0.25) is 0 Å². The number of amides is 2. The highest BCUT2D eigenvalue weighted by Crippen LogP contribution is 2.25. The Morgan fingerprint density at radius 1 is 1.33 bits per heavy atom. The molecule has 0 spiro atoms. The van der Waals surface area contributed by atoms with Gasteiger partial charge in [0.25, 0.3) is 0 Å². The van der Waals surface area contributed by atoms with Crippen molar-refractivity contribution in [3.05, 3.63) is 23.7 Å². The molecular weight excluding hydrogens is 268 g/mol. The number of rotatable bonds is 6. The van der Waals surface area contributed by atoms with Crippen LogP contribution in [-0.4, -0.2) is 23.8 Å². The van der Waals surface area contributed by atoms with Crippen molar-refractivity contribution in [2.45, 2.75) is 53.7 Å². The van der Waals surface area contributed by atoms with Gasteiger partial charge in [0.1, 0.15) is 11.5 Å². The molecule has 0 saturated heterocycles. The summed E-state index contributed by atoms with van der Waals surface area (Å²) in [6.07, 6.45) is -0.469. The molecule has 0 radical (unpaired) electrons. The molecule has 0 aliphatic rings. The molecule has 0 aromatic carbocycles. The average molecular weight is 296 g/mol. The first-order valence-electron chi connectivity index (χ1n) is 7.42. The minimum Gasteiger partial charge on any atom is -0.464 e. The number of urea groups is 1. The van der Waals surface area contributed by atoms with E-state index in [4.69, 9.17) is 4.42 Å². The Labute approximate surface area is 127 Å². The quantitative estimate of drug-likeness (QED) is 0.755. The highest BCUT2D eigenvalue weighted by Gasteiger charge is 2.30.